The van der Waals surface area contributed by atoms with Gasteiger partial charge >= 0.3 is 0 Å². The Bertz CT molecular complexity index is 747. The molecule has 2 aromatic carbocycles. The molecular weight excluding hydrogens is 332 g/mol. The van der Waals surface area contributed by atoms with Crippen LogP contribution >= 0.6 is 0 Å². The van der Waals surface area contributed by atoms with Gasteiger partial charge in [-0.2, -0.15) is 0 Å². The Labute approximate surface area is 153 Å². The maximum atomic E-state index is 12.3. The fraction of sp³-hybridized carbons (Fsp3) is 0.300. The minimum Gasteiger partial charge on any atom is -0.497 e. The third-order valence-electron chi connectivity index (χ3n) is 3.94. The lowest BCUT2D eigenvalue weighted by atomic mass is 10.1. The number of nitrogens with one attached hydrogen (secondary N) is 1. The summed E-state index contributed by atoms with van der Waals surface area (Å²) < 4.78 is 10.5. The number of anilines is 1. The summed E-state index contributed by atoms with van der Waals surface area (Å²) in [5.41, 5.74) is 1.64. The number of amides is 2. The molecule has 0 saturated carbocycles. The molecule has 0 aliphatic rings. The normalized spacial score (nSPS) is 10.1. The van der Waals surface area contributed by atoms with E-state index in [1.54, 1.807) is 25.3 Å². The number of carbonyl (C=O) groups is 2. The second-order valence-corrected chi connectivity index (χ2v) is 5.73. The van der Waals surface area contributed by atoms with Crippen molar-refractivity contribution in [2.45, 2.75) is 13.3 Å². The van der Waals surface area contributed by atoms with Crippen LogP contribution in [0.4, 0.5) is 5.69 Å². The van der Waals surface area contributed by atoms with Crippen LogP contribution < -0.4 is 19.7 Å². The van der Waals surface area contributed by atoms with E-state index in [4.69, 9.17) is 9.47 Å². The first-order valence-electron chi connectivity index (χ1n) is 8.36. The number of benzene rings is 2. The standard InChI is InChI=1S/C20H24N2O4/c1-15(23)22(18-13-17(25-2)9-10-19(18)26-3)14-20(24)21-12-11-16-7-5-4-6-8-16/h4-10,13H,11-12,14H2,1-3H3,(H,21,24). The molecular formula is C20H24N2O4. The monoisotopic (exact) mass is 356 g/mol. The van der Waals surface area contributed by atoms with E-state index in [9.17, 15) is 9.59 Å². The van der Waals surface area contributed by atoms with Gasteiger partial charge in [0, 0.05) is 19.5 Å². The number of ether oxygens (including phenoxy) is 2. The van der Waals surface area contributed by atoms with E-state index in [-0.39, 0.29) is 18.4 Å². The van der Waals surface area contributed by atoms with Gasteiger partial charge in [-0.1, -0.05) is 30.3 Å². The molecule has 0 saturated heterocycles. The smallest absolute Gasteiger partial charge is 0.240 e. The van der Waals surface area contributed by atoms with Crippen LogP contribution in [-0.4, -0.2) is 39.1 Å². The number of hydrogen-bond acceptors (Lipinski definition) is 4. The Morgan fingerprint density at radius 2 is 1.77 bits per heavy atom. The summed E-state index contributed by atoms with van der Waals surface area (Å²) in [4.78, 5) is 25.8. The summed E-state index contributed by atoms with van der Waals surface area (Å²) in [6.07, 6.45) is 0.731. The second kappa shape index (κ2) is 9.46. The summed E-state index contributed by atoms with van der Waals surface area (Å²) in [7, 11) is 3.06. The van der Waals surface area contributed by atoms with E-state index in [0.29, 0.717) is 23.7 Å². The summed E-state index contributed by atoms with van der Waals surface area (Å²) >= 11 is 0. The molecule has 0 atom stereocenters. The van der Waals surface area contributed by atoms with Crippen molar-refractivity contribution in [3.8, 4) is 11.5 Å². The van der Waals surface area contributed by atoms with Gasteiger partial charge in [-0.25, -0.2) is 0 Å². The largest absolute Gasteiger partial charge is 0.497 e. The molecule has 0 heterocycles. The molecule has 26 heavy (non-hydrogen) atoms. The van der Waals surface area contributed by atoms with E-state index in [0.717, 1.165) is 12.0 Å². The van der Waals surface area contributed by atoms with Crippen LogP contribution in [0.5, 0.6) is 11.5 Å². The maximum absolute atomic E-state index is 12.3. The lowest BCUT2D eigenvalue weighted by Crippen LogP contribution is -2.40. The third kappa shape index (κ3) is 5.24. The third-order valence-corrected chi connectivity index (χ3v) is 3.94. The zero-order valence-electron chi connectivity index (χ0n) is 15.3. The predicted octanol–water partition coefficient (Wildman–Crippen LogP) is 2.42. The van der Waals surface area contributed by atoms with Gasteiger partial charge in [-0.3, -0.25) is 14.5 Å². The highest BCUT2D eigenvalue weighted by atomic mass is 16.5. The Morgan fingerprint density at radius 1 is 1.04 bits per heavy atom. The van der Waals surface area contributed by atoms with Crippen LogP contribution in [0.3, 0.4) is 0 Å². The molecule has 0 spiro atoms. The number of rotatable bonds is 8. The molecule has 0 radical (unpaired) electrons. The molecule has 138 valence electrons. The Morgan fingerprint density at radius 3 is 2.38 bits per heavy atom. The average Bonchev–Trinajstić information content (AvgIpc) is 2.66. The molecule has 2 aromatic rings. The number of carbonyl (C=O) groups excluding carboxylic acids is 2. The highest BCUT2D eigenvalue weighted by Crippen LogP contribution is 2.32. The van der Waals surface area contributed by atoms with Crippen LogP contribution in [0.1, 0.15) is 12.5 Å². The highest BCUT2D eigenvalue weighted by molar-refractivity contribution is 5.98. The van der Waals surface area contributed by atoms with E-state index >= 15 is 0 Å². The van der Waals surface area contributed by atoms with Gasteiger partial charge < -0.3 is 14.8 Å². The van der Waals surface area contributed by atoms with Crippen molar-refractivity contribution in [1.82, 2.24) is 5.32 Å². The van der Waals surface area contributed by atoms with E-state index in [1.807, 2.05) is 30.3 Å². The summed E-state index contributed by atoms with van der Waals surface area (Å²) in [6.45, 7) is 1.83. The number of methoxy groups -OCH3 is 2. The lowest BCUT2D eigenvalue weighted by Gasteiger charge is -2.23. The molecule has 0 aliphatic carbocycles. The fourth-order valence-corrected chi connectivity index (χ4v) is 2.56. The number of hydrogen-bond donors (Lipinski definition) is 1. The molecule has 0 aliphatic heterocycles. The van der Waals surface area contributed by atoms with Gasteiger partial charge in [0.25, 0.3) is 0 Å². The second-order valence-electron chi connectivity index (χ2n) is 5.73. The first kappa shape index (κ1) is 19.3. The quantitative estimate of drug-likeness (QED) is 0.789. The van der Waals surface area contributed by atoms with Crippen molar-refractivity contribution in [1.29, 1.82) is 0 Å². The maximum Gasteiger partial charge on any atom is 0.240 e. The molecule has 6 heteroatoms. The molecule has 0 aromatic heterocycles. The first-order valence-corrected chi connectivity index (χ1v) is 8.36. The van der Waals surface area contributed by atoms with Gasteiger partial charge in [0.2, 0.25) is 11.8 Å². The van der Waals surface area contributed by atoms with E-state index < -0.39 is 0 Å². The molecule has 0 fully saturated rings. The van der Waals surface area contributed by atoms with Gasteiger partial charge in [-0.15, -0.1) is 0 Å². The van der Waals surface area contributed by atoms with Crippen molar-refractivity contribution in [3.05, 3.63) is 54.1 Å². The van der Waals surface area contributed by atoms with Crippen LogP contribution in [0, 0.1) is 0 Å². The van der Waals surface area contributed by atoms with Gasteiger partial charge in [0.05, 0.1) is 19.9 Å². The lowest BCUT2D eigenvalue weighted by molar-refractivity contribution is -0.123. The Balaban J connectivity index is 2.03. The zero-order valence-corrected chi connectivity index (χ0v) is 15.3. The van der Waals surface area contributed by atoms with Crippen LogP contribution in [-0.2, 0) is 16.0 Å². The molecule has 0 unspecified atom stereocenters. The predicted molar refractivity (Wildman–Crippen MR) is 101 cm³/mol. The van der Waals surface area contributed by atoms with Crippen LogP contribution in [0.25, 0.3) is 0 Å². The topological polar surface area (TPSA) is 67.9 Å². The summed E-state index contributed by atoms with van der Waals surface area (Å²) in [6, 6.07) is 15.0. The Kier molecular flexibility index (Phi) is 7.02. The summed E-state index contributed by atoms with van der Waals surface area (Å²) in [5.74, 6) is 0.588. The molecule has 2 amide bonds. The van der Waals surface area contributed by atoms with Crippen molar-refractivity contribution in [2.75, 3.05) is 32.2 Å². The van der Waals surface area contributed by atoms with Gasteiger partial charge in [0.1, 0.15) is 18.0 Å². The molecule has 6 nitrogen and oxygen atoms in total. The minimum atomic E-state index is -0.255. The van der Waals surface area contributed by atoms with Crippen LogP contribution in [0.15, 0.2) is 48.5 Å². The summed E-state index contributed by atoms with van der Waals surface area (Å²) in [5, 5.41) is 2.85. The van der Waals surface area contributed by atoms with E-state index in [1.165, 1.54) is 18.9 Å². The zero-order chi connectivity index (χ0) is 18.9. The number of nitrogens with zero attached hydrogens (tertiary/aromatic N) is 1. The van der Waals surface area contributed by atoms with Gasteiger partial charge in [-0.05, 0) is 24.1 Å². The Hall–Kier alpha value is -3.02. The highest BCUT2D eigenvalue weighted by Gasteiger charge is 2.20. The van der Waals surface area contributed by atoms with Gasteiger partial charge in [0.15, 0.2) is 0 Å². The molecule has 2 rings (SSSR count). The van der Waals surface area contributed by atoms with Crippen molar-refractivity contribution in [3.63, 3.8) is 0 Å². The van der Waals surface area contributed by atoms with Crippen molar-refractivity contribution >= 4 is 17.5 Å². The molecule has 0 bridgehead atoms. The minimum absolute atomic E-state index is 0.0896. The first-order chi connectivity index (χ1) is 12.5. The van der Waals surface area contributed by atoms with E-state index in [2.05, 4.69) is 5.32 Å². The molecule has 1 N–H and O–H groups in total. The fourth-order valence-electron chi connectivity index (χ4n) is 2.56. The average molecular weight is 356 g/mol. The SMILES string of the molecule is COc1ccc(OC)c(N(CC(=O)NCCc2ccccc2)C(C)=O)c1. The van der Waals surface area contributed by atoms with Crippen LogP contribution in [0.2, 0.25) is 0 Å². The van der Waals surface area contributed by atoms with Crippen molar-refractivity contribution < 1.29 is 19.1 Å². The van der Waals surface area contributed by atoms with Crippen molar-refractivity contribution in [2.24, 2.45) is 0 Å².